The number of hydrogen-bond donors (Lipinski definition) is 1. The van der Waals surface area contributed by atoms with Gasteiger partial charge in [-0.25, -0.2) is 0 Å². The quantitative estimate of drug-likeness (QED) is 0.833. The molecule has 0 radical (unpaired) electrons. The molecule has 0 aliphatic carbocycles. The third kappa shape index (κ3) is 4.70. The van der Waals surface area contributed by atoms with Crippen molar-refractivity contribution in [2.75, 3.05) is 29.9 Å². The molecule has 0 unspecified atom stereocenters. The SMILES string of the molecule is CCN(CC(=O)Nc1cccc(N2CCCC2=O)c1)Cc1ccccc1. The molecule has 2 aromatic rings. The molecule has 1 fully saturated rings. The first-order valence-corrected chi connectivity index (χ1v) is 9.12. The van der Waals surface area contributed by atoms with E-state index in [-0.39, 0.29) is 11.8 Å². The van der Waals surface area contributed by atoms with Gasteiger partial charge in [-0.15, -0.1) is 0 Å². The lowest BCUT2D eigenvalue weighted by atomic mass is 10.2. The van der Waals surface area contributed by atoms with Gasteiger partial charge < -0.3 is 10.2 Å². The van der Waals surface area contributed by atoms with Crippen molar-refractivity contribution >= 4 is 23.2 Å². The molecule has 0 saturated carbocycles. The number of likely N-dealkylation sites (N-methyl/N-ethyl adjacent to an activating group) is 1. The third-order valence-corrected chi connectivity index (χ3v) is 4.58. The molecule has 0 spiro atoms. The summed E-state index contributed by atoms with van der Waals surface area (Å²) in [5.74, 6) is 0.0983. The Kier molecular flexibility index (Phi) is 6.02. The first-order chi connectivity index (χ1) is 12.7. The summed E-state index contributed by atoms with van der Waals surface area (Å²) in [7, 11) is 0. The highest BCUT2D eigenvalue weighted by atomic mass is 16.2. The molecule has 0 bridgehead atoms. The minimum atomic E-state index is -0.0484. The van der Waals surface area contributed by atoms with Crippen LogP contribution < -0.4 is 10.2 Å². The van der Waals surface area contributed by atoms with Crippen LogP contribution in [0, 0.1) is 0 Å². The minimum Gasteiger partial charge on any atom is -0.325 e. The average Bonchev–Trinajstić information content (AvgIpc) is 3.08. The van der Waals surface area contributed by atoms with Crippen molar-refractivity contribution in [3.05, 3.63) is 60.2 Å². The topological polar surface area (TPSA) is 52.7 Å². The predicted molar refractivity (Wildman–Crippen MR) is 104 cm³/mol. The van der Waals surface area contributed by atoms with Crippen LogP contribution in [0.5, 0.6) is 0 Å². The van der Waals surface area contributed by atoms with Crippen molar-refractivity contribution in [1.82, 2.24) is 4.90 Å². The Morgan fingerprint density at radius 1 is 1.15 bits per heavy atom. The number of rotatable bonds is 7. The van der Waals surface area contributed by atoms with Crippen LogP contribution >= 0.6 is 0 Å². The summed E-state index contributed by atoms with van der Waals surface area (Å²) in [6.07, 6.45) is 1.49. The van der Waals surface area contributed by atoms with E-state index in [1.54, 1.807) is 4.90 Å². The van der Waals surface area contributed by atoms with Crippen LogP contribution in [0.1, 0.15) is 25.3 Å². The van der Waals surface area contributed by atoms with Gasteiger partial charge in [0.1, 0.15) is 0 Å². The number of carbonyl (C=O) groups excluding carboxylic acids is 2. The van der Waals surface area contributed by atoms with Crippen LogP contribution in [0.2, 0.25) is 0 Å². The molecule has 2 amide bonds. The Labute approximate surface area is 154 Å². The van der Waals surface area contributed by atoms with E-state index in [9.17, 15) is 9.59 Å². The Morgan fingerprint density at radius 3 is 2.65 bits per heavy atom. The lowest BCUT2D eigenvalue weighted by Crippen LogP contribution is -2.32. The van der Waals surface area contributed by atoms with Crippen molar-refractivity contribution in [1.29, 1.82) is 0 Å². The number of carbonyl (C=O) groups is 2. The molecule has 1 saturated heterocycles. The number of hydrogen-bond acceptors (Lipinski definition) is 3. The fourth-order valence-electron chi connectivity index (χ4n) is 3.20. The molecule has 26 heavy (non-hydrogen) atoms. The maximum absolute atomic E-state index is 12.4. The van der Waals surface area contributed by atoms with E-state index in [0.29, 0.717) is 13.0 Å². The largest absolute Gasteiger partial charge is 0.325 e. The molecular formula is C21H25N3O2. The number of nitrogens with zero attached hydrogens (tertiary/aromatic N) is 2. The molecule has 1 aliphatic rings. The monoisotopic (exact) mass is 351 g/mol. The minimum absolute atomic E-state index is 0.0484. The van der Waals surface area contributed by atoms with E-state index in [2.05, 4.69) is 29.3 Å². The second-order valence-corrected chi connectivity index (χ2v) is 6.54. The summed E-state index contributed by atoms with van der Waals surface area (Å²) in [6, 6.07) is 17.6. The van der Waals surface area contributed by atoms with Crippen LogP contribution in [0.4, 0.5) is 11.4 Å². The molecule has 1 heterocycles. The van der Waals surface area contributed by atoms with Crippen molar-refractivity contribution in [2.24, 2.45) is 0 Å². The molecule has 0 aromatic heterocycles. The molecule has 136 valence electrons. The summed E-state index contributed by atoms with van der Waals surface area (Å²) in [4.78, 5) is 28.2. The van der Waals surface area contributed by atoms with Crippen molar-refractivity contribution < 1.29 is 9.59 Å². The molecule has 5 heteroatoms. The van der Waals surface area contributed by atoms with E-state index < -0.39 is 0 Å². The summed E-state index contributed by atoms with van der Waals surface area (Å²) < 4.78 is 0. The van der Waals surface area contributed by atoms with Crippen molar-refractivity contribution in [2.45, 2.75) is 26.3 Å². The Morgan fingerprint density at radius 2 is 1.96 bits per heavy atom. The molecule has 2 aromatic carbocycles. The van der Waals surface area contributed by atoms with Gasteiger partial charge in [0.15, 0.2) is 0 Å². The number of anilines is 2. The highest BCUT2D eigenvalue weighted by Crippen LogP contribution is 2.24. The second-order valence-electron chi connectivity index (χ2n) is 6.54. The molecular weight excluding hydrogens is 326 g/mol. The summed E-state index contributed by atoms with van der Waals surface area (Å²) >= 11 is 0. The highest BCUT2D eigenvalue weighted by Gasteiger charge is 2.21. The lowest BCUT2D eigenvalue weighted by Gasteiger charge is -2.20. The molecule has 1 aliphatic heterocycles. The first kappa shape index (κ1) is 18.1. The number of amides is 2. The second kappa shape index (κ2) is 8.63. The number of benzene rings is 2. The fraction of sp³-hybridized carbons (Fsp3) is 0.333. The van der Waals surface area contributed by atoms with Crippen LogP contribution in [-0.2, 0) is 16.1 Å². The zero-order valence-electron chi connectivity index (χ0n) is 15.1. The van der Waals surface area contributed by atoms with E-state index in [1.165, 1.54) is 5.56 Å². The summed E-state index contributed by atoms with van der Waals surface area (Å²) in [6.45, 7) is 4.67. The van der Waals surface area contributed by atoms with E-state index >= 15 is 0 Å². The van der Waals surface area contributed by atoms with Gasteiger partial charge in [-0.3, -0.25) is 14.5 Å². The van der Waals surface area contributed by atoms with E-state index in [1.807, 2.05) is 42.5 Å². The fourth-order valence-corrected chi connectivity index (χ4v) is 3.20. The third-order valence-electron chi connectivity index (χ3n) is 4.58. The smallest absolute Gasteiger partial charge is 0.238 e. The van der Waals surface area contributed by atoms with Crippen LogP contribution in [0.3, 0.4) is 0 Å². The van der Waals surface area contributed by atoms with Crippen LogP contribution in [0.15, 0.2) is 54.6 Å². The Balaban J connectivity index is 1.59. The van der Waals surface area contributed by atoms with Gasteiger partial charge in [0.05, 0.1) is 6.54 Å². The zero-order valence-corrected chi connectivity index (χ0v) is 15.1. The van der Waals surface area contributed by atoms with Crippen molar-refractivity contribution in [3.8, 4) is 0 Å². The van der Waals surface area contributed by atoms with Gasteiger partial charge in [-0.05, 0) is 36.7 Å². The van der Waals surface area contributed by atoms with Gasteiger partial charge in [-0.1, -0.05) is 43.3 Å². The molecule has 3 rings (SSSR count). The van der Waals surface area contributed by atoms with Gasteiger partial charge in [0, 0.05) is 30.9 Å². The zero-order chi connectivity index (χ0) is 18.4. The average molecular weight is 351 g/mol. The Hall–Kier alpha value is -2.66. The summed E-state index contributed by atoms with van der Waals surface area (Å²) in [5.41, 5.74) is 2.77. The van der Waals surface area contributed by atoms with Crippen molar-refractivity contribution in [3.63, 3.8) is 0 Å². The summed E-state index contributed by atoms with van der Waals surface area (Å²) in [5, 5.41) is 2.95. The van der Waals surface area contributed by atoms with E-state index in [0.717, 1.165) is 37.4 Å². The lowest BCUT2D eigenvalue weighted by molar-refractivity contribution is -0.118. The Bertz CT molecular complexity index is 761. The normalized spacial score (nSPS) is 14.1. The highest BCUT2D eigenvalue weighted by molar-refractivity contribution is 5.97. The van der Waals surface area contributed by atoms with Crippen LogP contribution in [-0.4, -0.2) is 36.3 Å². The standard InChI is InChI=1S/C21H25N3O2/c1-2-23(15-17-8-4-3-5-9-17)16-20(25)22-18-10-6-11-19(14-18)24-13-7-12-21(24)26/h3-6,8-11,14H,2,7,12-13,15-16H2,1H3,(H,22,25). The van der Waals surface area contributed by atoms with Gasteiger partial charge >= 0.3 is 0 Å². The maximum atomic E-state index is 12.4. The molecule has 0 atom stereocenters. The number of nitrogens with one attached hydrogen (secondary N) is 1. The molecule has 1 N–H and O–H groups in total. The van der Waals surface area contributed by atoms with Gasteiger partial charge in [0.25, 0.3) is 0 Å². The van der Waals surface area contributed by atoms with E-state index in [4.69, 9.17) is 0 Å². The van der Waals surface area contributed by atoms with Gasteiger partial charge in [-0.2, -0.15) is 0 Å². The molecule has 5 nitrogen and oxygen atoms in total. The first-order valence-electron chi connectivity index (χ1n) is 9.12. The van der Waals surface area contributed by atoms with Gasteiger partial charge in [0.2, 0.25) is 11.8 Å². The van der Waals surface area contributed by atoms with Crippen LogP contribution in [0.25, 0.3) is 0 Å². The predicted octanol–water partition coefficient (Wildman–Crippen LogP) is 3.27. The maximum Gasteiger partial charge on any atom is 0.238 e.